The number of nitrogen functional groups attached to an aromatic ring is 1. The molecule has 1 heterocycles. The van der Waals surface area contributed by atoms with Crippen molar-refractivity contribution in [3.05, 3.63) is 29.5 Å². The van der Waals surface area contributed by atoms with E-state index in [4.69, 9.17) is 10.8 Å². The highest BCUT2D eigenvalue weighted by atomic mass is 16.4. The van der Waals surface area contributed by atoms with Gasteiger partial charge in [-0.15, -0.1) is 0 Å². The molecule has 0 aliphatic carbocycles. The van der Waals surface area contributed by atoms with E-state index < -0.39 is 5.97 Å². The van der Waals surface area contributed by atoms with Crippen LogP contribution >= 0.6 is 0 Å². The fraction of sp³-hybridized carbons (Fsp3) is 0.0909. The number of nitrogens with two attached hydrogens (primary N) is 1. The number of carboxylic acid groups (broad SMARTS) is 1. The van der Waals surface area contributed by atoms with Crippen molar-refractivity contribution in [2.45, 2.75) is 6.92 Å². The number of carbonyl (C=O) groups is 1. The van der Waals surface area contributed by atoms with Crippen molar-refractivity contribution in [2.24, 2.45) is 0 Å². The maximum Gasteiger partial charge on any atom is 0.339 e. The van der Waals surface area contributed by atoms with Gasteiger partial charge in [-0.2, -0.15) is 0 Å². The van der Waals surface area contributed by atoms with Gasteiger partial charge in [0, 0.05) is 11.3 Å². The highest BCUT2D eigenvalue weighted by Gasteiger charge is 2.13. The third-order valence-corrected chi connectivity index (χ3v) is 2.40. The second-order valence-electron chi connectivity index (χ2n) is 3.63. The van der Waals surface area contributed by atoms with E-state index >= 15 is 0 Å². The Morgan fingerprint density at radius 3 is 2.71 bits per heavy atom. The maximum absolute atomic E-state index is 10.9. The van der Waals surface area contributed by atoms with Gasteiger partial charge in [-0.25, -0.2) is 9.78 Å². The minimum atomic E-state index is -1.19. The van der Waals surface area contributed by atoms with Crippen molar-refractivity contribution in [3.8, 4) is 17.0 Å². The molecule has 5 N–H and O–H groups in total. The van der Waals surface area contributed by atoms with Gasteiger partial charge in [0.15, 0.2) is 5.95 Å². The van der Waals surface area contributed by atoms with Gasteiger partial charge in [0.05, 0.1) is 5.69 Å². The number of benzene rings is 1. The van der Waals surface area contributed by atoms with Crippen LogP contribution in [0.3, 0.4) is 0 Å². The van der Waals surface area contributed by atoms with Crippen LogP contribution < -0.4 is 5.73 Å². The molecule has 1 aromatic carbocycles. The van der Waals surface area contributed by atoms with Crippen molar-refractivity contribution >= 4 is 11.9 Å². The lowest BCUT2D eigenvalue weighted by Gasteiger charge is -2.03. The Morgan fingerprint density at radius 2 is 2.18 bits per heavy atom. The Kier molecular flexibility index (Phi) is 2.47. The average molecular weight is 233 g/mol. The molecule has 6 heteroatoms. The molecule has 0 saturated carbocycles. The lowest BCUT2D eigenvalue weighted by atomic mass is 10.1. The average Bonchev–Trinajstić information content (AvgIpc) is 2.58. The van der Waals surface area contributed by atoms with E-state index in [0.717, 1.165) is 5.69 Å². The van der Waals surface area contributed by atoms with Crippen LogP contribution in [0, 0.1) is 6.92 Å². The molecule has 6 nitrogen and oxygen atoms in total. The molecule has 0 saturated heterocycles. The molecule has 0 atom stereocenters. The normalized spacial score (nSPS) is 10.4. The van der Waals surface area contributed by atoms with Crippen molar-refractivity contribution in [3.63, 3.8) is 0 Å². The number of hydrogen-bond donors (Lipinski definition) is 4. The number of carboxylic acids is 1. The number of phenols is 1. The zero-order valence-corrected chi connectivity index (χ0v) is 9.06. The Hall–Kier alpha value is -2.50. The summed E-state index contributed by atoms with van der Waals surface area (Å²) in [4.78, 5) is 17.8. The number of hydrogen-bond acceptors (Lipinski definition) is 4. The van der Waals surface area contributed by atoms with Crippen LogP contribution in [0.5, 0.6) is 5.75 Å². The second-order valence-corrected chi connectivity index (χ2v) is 3.63. The molecule has 0 aliphatic rings. The first kappa shape index (κ1) is 11.0. The van der Waals surface area contributed by atoms with Crippen LogP contribution in [0.1, 0.15) is 16.1 Å². The summed E-state index contributed by atoms with van der Waals surface area (Å²) >= 11 is 0. The summed E-state index contributed by atoms with van der Waals surface area (Å²) in [5, 5.41) is 18.3. The summed E-state index contributed by atoms with van der Waals surface area (Å²) in [6.07, 6.45) is 0. The van der Waals surface area contributed by atoms with Crippen molar-refractivity contribution in [2.75, 3.05) is 5.73 Å². The van der Waals surface area contributed by atoms with Crippen molar-refractivity contribution < 1.29 is 15.0 Å². The molecule has 0 radical (unpaired) electrons. The third-order valence-electron chi connectivity index (χ3n) is 2.40. The first-order valence-electron chi connectivity index (χ1n) is 4.88. The summed E-state index contributed by atoms with van der Waals surface area (Å²) in [7, 11) is 0. The lowest BCUT2D eigenvalue weighted by Crippen LogP contribution is -1.97. The minimum Gasteiger partial charge on any atom is -0.507 e. The molecule has 2 rings (SSSR count). The smallest absolute Gasteiger partial charge is 0.339 e. The van der Waals surface area contributed by atoms with E-state index in [2.05, 4.69) is 9.97 Å². The number of aromatic amines is 1. The SMILES string of the molecule is Cc1[nH]c(N)nc1-c1ccc(O)c(C(=O)O)c1. The minimum absolute atomic E-state index is 0.163. The fourth-order valence-corrected chi connectivity index (χ4v) is 1.62. The van der Waals surface area contributed by atoms with Gasteiger partial charge in [-0.3, -0.25) is 0 Å². The van der Waals surface area contributed by atoms with Crippen LogP contribution in [0.15, 0.2) is 18.2 Å². The molecule has 0 amide bonds. The zero-order valence-electron chi connectivity index (χ0n) is 9.06. The zero-order chi connectivity index (χ0) is 12.6. The number of aromatic hydroxyl groups is 1. The monoisotopic (exact) mass is 233 g/mol. The number of aromatic nitrogens is 2. The maximum atomic E-state index is 10.9. The quantitative estimate of drug-likeness (QED) is 0.625. The highest BCUT2D eigenvalue weighted by molar-refractivity contribution is 5.92. The molecule has 0 spiro atoms. The van der Waals surface area contributed by atoms with Gasteiger partial charge in [0.25, 0.3) is 0 Å². The predicted molar refractivity (Wildman–Crippen MR) is 61.8 cm³/mol. The van der Waals surface area contributed by atoms with Crippen molar-refractivity contribution in [1.29, 1.82) is 0 Å². The van der Waals surface area contributed by atoms with E-state index in [0.29, 0.717) is 11.3 Å². The Morgan fingerprint density at radius 1 is 1.47 bits per heavy atom. The predicted octanol–water partition coefficient (Wildman–Crippen LogP) is 1.37. The van der Waals surface area contributed by atoms with E-state index in [9.17, 15) is 9.90 Å². The number of aromatic carboxylic acids is 1. The third kappa shape index (κ3) is 1.92. The summed E-state index contributed by atoms with van der Waals surface area (Å²) in [6.45, 7) is 1.78. The Labute approximate surface area is 96.7 Å². The molecule has 0 bridgehead atoms. The molecular weight excluding hydrogens is 222 g/mol. The molecule has 1 aromatic heterocycles. The number of imidazole rings is 1. The molecule has 2 aromatic rings. The van der Waals surface area contributed by atoms with E-state index in [1.807, 2.05) is 0 Å². The van der Waals surface area contributed by atoms with Gasteiger partial charge in [0.1, 0.15) is 11.3 Å². The summed E-state index contributed by atoms with van der Waals surface area (Å²) in [5.41, 5.74) is 7.25. The van der Waals surface area contributed by atoms with Crippen molar-refractivity contribution in [1.82, 2.24) is 9.97 Å². The highest BCUT2D eigenvalue weighted by Crippen LogP contribution is 2.27. The number of anilines is 1. The topological polar surface area (TPSA) is 112 Å². The number of rotatable bonds is 2. The van der Waals surface area contributed by atoms with Gasteiger partial charge in [0.2, 0.25) is 0 Å². The van der Waals surface area contributed by atoms with E-state index in [-0.39, 0.29) is 17.3 Å². The van der Waals surface area contributed by atoms with Gasteiger partial charge >= 0.3 is 5.97 Å². The second kappa shape index (κ2) is 3.82. The van der Waals surface area contributed by atoms with Gasteiger partial charge < -0.3 is 20.9 Å². The van der Waals surface area contributed by atoms with Gasteiger partial charge in [-0.05, 0) is 25.1 Å². The number of nitrogens with zero attached hydrogens (tertiary/aromatic N) is 1. The Balaban J connectivity index is 2.57. The largest absolute Gasteiger partial charge is 0.507 e. The number of aryl methyl sites for hydroxylation is 1. The van der Waals surface area contributed by atoms with Crippen LogP contribution in [0.4, 0.5) is 5.95 Å². The molecule has 0 unspecified atom stereocenters. The standard InChI is InChI=1S/C11H11N3O3/c1-5-9(14-11(12)13-5)6-2-3-8(15)7(4-6)10(16)17/h2-4,15H,1H3,(H,16,17)(H3,12,13,14). The molecular formula is C11H11N3O3. The lowest BCUT2D eigenvalue weighted by molar-refractivity contribution is 0.0694. The summed E-state index contributed by atoms with van der Waals surface area (Å²) in [5.74, 6) is -1.20. The summed E-state index contributed by atoms with van der Waals surface area (Å²) in [6, 6.07) is 4.27. The first-order chi connectivity index (χ1) is 7.99. The van der Waals surface area contributed by atoms with Crippen LogP contribution in [-0.4, -0.2) is 26.2 Å². The molecule has 88 valence electrons. The molecule has 0 aliphatic heterocycles. The summed E-state index contributed by atoms with van der Waals surface area (Å²) < 4.78 is 0. The number of nitrogens with one attached hydrogen (secondary N) is 1. The van der Waals surface area contributed by atoms with E-state index in [1.54, 1.807) is 13.0 Å². The van der Waals surface area contributed by atoms with Crippen LogP contribution in [0.2, 0.25) is 0 Å². The van der Waals surface area contributed by atoms with Gasteiger partial charge in [-0.1, -0.05) is 0 Å². The Bertz CT molecular complexity index is 590. The fourth-order valence-electron chi connectivity index (χ4n) is 1.62. The van der Waals surface area contributed by atoms with E-state index in [1.165, 1.54) is 12.1 Å². The number of H-pyrrole nitrogens is 1. The molecule has 17 heavy (non-hydrogen) atoms. The van der Waals surface area contributed by atoms with Crippen LogP contribution in [0.25, 0.3) is 11.3 Å². The van der Waals surface area contributed by atoms with Crippen LogP contribution in [-0.2, 0) is 0 Å². The molecule has 0 fully saturated rings. The first-order valence-corrected chi connectivity index (χ1v) is 4.88.